The monoisotopic (exact) mass is 382 g/mol. The molecule has 28 heavy (non-hydrogen) atoms. The average molecular weight is 383 g/mol. The first-order chi connectivity index (χ1) is 13.7. The van der Waals surface area contributed by atoms with Crippen molar-refractivity contribution in [1.82, 2.24) is 19.8 Å². The largest absolute Gasteiger partial charge is 0.486 e. The third kappa shape index (κ3) is 3.51. The van der Waals surface area contributed by atoms with Gasteiger partial charge in [0.25, 0.3) is 0 Å². The number of aromatic amines is 1. The lowest BCUT2D eigenvalue weighted by Crippen LogP contribution is -2.43. The lowest BCUT2D eigenvalue weighted by molar-refractivity contribution is 0.122. The fourth-order valence-corrected chi connectivity index (χ4v) is 4.98. The molecule has 5 heterocycles. The normalized spacial score (nSPS) is 25.1. The minimum Gasteiger partial charge on any atom is -0.486 e. The zero-order valence-corrected chi connectivity index (χ0v) is 16.9. The first kappa shape index (κ1) is 18.0. The van der Waals surface area contributed by atoms with Crippen molar-refractivity contribution in [3.8, 4) is 11.5 Å². The topological polar surface area (TPSA) is 53.6 Å². The number of rotatable bonds is 4. The van der Waals surface area contributed by atoms with Crippen molar-refractivity contribution < 1.29 is 9.47 Å². The lowest BCUT2D eigenvalue weighted by atomic mass is 9.94. The number of imidazole rings is 1. The molecule has 1 aromatic heterocycles. The smallest absolute Gasteiger partial charge is 0.161 e. The first-order valence-electron chi connectivity index (χ1n) is 10.5. The third-order valence-corrected chi connectivity index (χ3v) is 6.58. The molecule has 4 aliphatic rings. The van der Waals surface area contributed by atoms with Crippen LogP contribution in [0.1, 0.15) is 35.4 Å². The molecule has 3 fully saturated rings. The highest BCUT2D eigenvalue weighted by molar-refractivity contribution is 5.47. The maximum Gasteiger partial charge on any atom is 0.161 e. The van der Waals surface area contributed by atoms with Gasteiger partial charge in [0.1, 0.15) is 13.2 Å². The van der Waals surface area contributed by atoms with Crippen LogP contribution in [-0.2, 0) is 13.1 Å². The SMILES string of the molecule is Cc1cc2c(cc1CN1C[C@@H]3CC[C@H]1CN(Cc1nc[nH]c1C)C3)OCCO2. The molecule has 0 aliphatic carbocycles. The van der Waals surface area contributed by atoms with Gasteiger partial charge in [0.15, 0.2) is 11.5 Å². The van der Waals surface area contributed by atoms with Gasteiger partial charge in [-0.1, -0.05) is 0 Å². The van der Waals surface area contributed by atoms with E-state index >= 15 is 0 Å². The Labute approximate surface area is 166 Å². The summed E-state index contributed by atoms with van der Waals surface area (Å²) in [6, 6.07) is 4.96. The number of nitrogens with one attached hydrogen (secondary N) is 1. The van der Waals surface area contributed by atoms with E-state index in [-0.39, 0.29) is 0 Å². The molecule has 0 amide bonds. The van der Waals surface area contributed by atoms with Crippen LogP contribution in [0.4, 0.5) is 0 Å². The molecule has 0 unspecified atom stereocenters. The molecule has 2 atom stereocenters. The van der Waals surface area contributed by atoms with E-state index in [1.807, 2.05) is 6.33 Å². The Hall–Kier alpha value is -2.05. The van der Waals surface area contributed by atoms with Gasteiger partial charge in [-0.25, -0.2) is 4.98 Å². The number of hydrogen-bond acceptors (Lipinski definition) is 5. The van der Waals surface area contributed by atoms with Crippen LogP contribution in [0.2, 0.25) is 0 Å². The Kier molecular flexibility index (Phi) is 4.77. The van der Waals surface area contributed by atoms with Crippen LogP contribution in [0.15, 0.2) is 18.5 Å². The molecule has 1 aromatic carbocycles. The molecule has 6 heteroatoms. The lowest BCUT2D eigenvalue weighted by Gasteiger charge is -2.36. The van der Waals surface area contributed by atoms with Crippen molar-refractivity contribution >= 4 is 0 Å². The molecule has 4 aliphatic heterocycles. The summed E-state index contributed by atoms with van der Waals surface area (Å²) in [5, 5.41) is 0. The van der Waals surface area contributed by atoms with E-state index in [1.54, 1.807) is 0 Å². The van der Waals surface area contributed by atoms with E-state index in [0.717, 1.165) is 37.1 Å². The Morgan fingerprint density at radius 2 is 1.86 bits per heavy atom. The molecule has 1 N–H and O–H groups in total. The number of aryl methyl sites for hydroxylation is 2. The average Bonchev–Trinajstić information content (AvgIpc) is 2.89. The molecule has 2 bridgehead atoms. The van der Waals surface area contributed by atoms with Gasteiger partial charge >= 0.3 is 0 Å². The summed E-state index contributed by atoms with van der Waals surface area (Å²) < 4.78 is 11.6. The van der Waals surface area contributed by atoms with Crippen molar-refractivity contribution in [2.75, 3.05) is 32.8 Å². The van der Waals surface area contributed by atoms with Gasteiger partial charge in [0.2, 0.25) is 0 Å². The Morgan fingerprint density at radius 1 is 1.04 bits per heavy atom. The van der Waals surface area contributed by atoms with E-state index in [4.69, 9.17) is 9.47 Å². The maximum atomic E-state index is 5.82. The summed E-state index contributed by atoms with van der Waals surface area (Å²) in [7, 11) is 0. The van der Waals surface area contributed by atoms with Crippen molar-refractivity contribution in [3.63, 3.8) is 0 Å². The van der Waals surface area contributed by atoms with E-state index in [2.05, 4.69) is 45.7 Å². The fraction of sp³-hybridized carbons (Fsp3) is 0.591. The van der Waals surface area contributed by atoms with E-state index in [9.17, 15) is 0 Å². The number of nitrogens with zero attached hydrogens (tertiary/aromatic N) is 3. The van der Waals surface area contributed by atoms with E-state index in [0.29, 0.717) is 19.3 Å². The number of ether oxygens (including phenoxy) is 2. The summed E-state index contributed by atoms with van der Waals surface area (Å²) in [5.41, 5.74) is 5.05. The minimum atomic E-state index is 0.616. The highest BCUT2D eigenvalue weighted by Gasteiger charge is 2.35. The van der Waals surface area contributed by atoms with Crippen LogP contribution in [-0.4, -0.2) is 58.7 Å². The van der Waals surface area contributed by atoms with Gasteiger partial charge in [-0.3, -0.25) is 9.80 Å². The minimum absolute atomic E-state index is 0.616. The number of hydrogen-bond donors (Lipinski definition) is 1. The summed E-state index contributed by atoms with van der Waals surface area (Å²) in [6.07, 6.45) is 4.45. The Bertz CT molecular complexity index is 849. The first-order valence-corrected chi connectivity index (χ1v) is 10.5. The summed E-state index contributed by atoms with van der Waals surface area (Å²) in [4.78, 5) is 13.0. The predicted molar refractivity (Wildman–Crippen MR) is 108 cm³/mol. The molecule has 150 valence electrons. The summed E-state index contributed by atoms with van der Waals surface area (Å²) in [6.45, 7) is 11.1. The van der Waals surface area contributed by atoms with Crippen LogP contribution in [0.3, 0.4) is 0 Å². The zero-order chi connectivity index (χ0) is 19.1. The second-order valence-corrected chi connectivity index (χ2v) is 8.62. The standard InChI is InChI=1S/C22H30N4O2/c1-15-7-21-22(28-6-5-27-21)8-18(15)11-26-10-17-3-4-19(26)12-25(9-17)13-20-16(2)23-14-24-20/h7-8,14,17,19H,3-6,9-13H2,1-2H3,(H,23,24)/t17-,19+/m1/s1. The fourth-order valence-electron chi connectivity index (χ4n) is 4.98. The third-order valence-electron chi connectivity index (χ3n) is 6.58. The molecule has 6 rings (SSSR count). The van der Waals surface area contributed by atoms with Gasteiger partial charge in [0, 0.05) is 44.5 Å². The molecule has 3 saturated heterocycles. The van der Waals surface area contributed by atoms with Gasteiger partial charge in [-0.2, -0.15) is 0 Å². The summed E-state index contributed by atoms with van der Waals surface area (Å²) >= 11 is 0. The van der Waals surface area contributed by atoms with Crippen molar-refractivity contribution in [1.29, 1.82) is 0 Å². The second-order valence-electron chi connectivity index (χ2n) is 8.62. The van der Waals surface area contributed by atoms with Crippen molar-refractivity contribution in [2.24, 2.45) is 5.92 Å². The number of aromatic nitrogens is 2. The number of piperidine rings is 1. The summed E-state index contributed by atoms with van der Waals surface area (Å²) in [5.74, 6) is 2.54. The zero-order valence-electron chi connectivity index (χ0n) is 16.9. The predicted octanol–water partition coefficient (Wildman–Crippen LogP) is 2.89. The van der Waals surface area contributed by atoms with Crippen LogP contribution in [0, 0.1) is 19.8 Å². The van der Waals surface area contributed by atoms with E-state index < -0.39 is 0 Å². The quantitative estimate of drug-likeness (QED) is 0.881. The highest BCUT2D eigenvalue weighted by Crippen LogP contribution is 2.35. The van der Waals surface area contributed by atoms with E-state index in [1.165, 1.54) is 48.4 Å². The van der Waals surface area contributed by atoms with Crippen LogP contribution >= 0.6 is 0 Å². The second kappa shape index (κ2) is 7.41. The molecular weight excluding hydrogens is 352 g/mol. The molecule has 6 nitrogen and oxygen atoms in total. The van der Waals surface area contributed by atoms with Crippen LogP contribution < -0.4 is 9.47 Å². The molecule has 0 spiro atoms. The maximum absolute atomic E-state index is 5.82. The van der Waals surface area contributed by atoms with Crippen LogP contribution in [0.25, 0.3) is 0 Å². The number of fused-ring (bicyclic) bond motifs is 5. The molecule has 2 aromatic rings. The Morgan fingerprint density at radius 3 is 2.64 bits per heavy atom. The highest BCUT2D eigenvalue weighted by atomic mass is 16.6. The Balaban J connectivity index is 1.31. The van der Waals surface area contributed by atoms with Gasteiger partial charge < -0.3 is 14.5 Å². The van der Waals surface area contributed by atoms with Gasteiger partial charge in [-0.05, 0) is 55.9 Å². The molecule has 0 radical (unpaired) electrons. The van der Waals surface area contributed by atoms with Crippen molar-refractivity contribution in [3.05, 3.63) is 41.0 Å². The van der Waals surface area contributed by atoms with Crippen LogP contribution in [0.5, 0.6) is 11.5 Å². The molecule has 0 saturated carbocycles. The number of benzene rings is 1. The van der Waals surface area contributed by atoms with Gasteiger partial charge in [0.05, 0.1) is 12.0 Å². The number of H-pyrrole nitrogens is 1. The van der Waals surface area contributed by atoms with Gasteiger partial charge in [-0.15, -0.1) is 0 Å². The van der Waals surface area contributed by atoms with Crippen molar-refractivity contribution in [2.45, 2.75) is 45.8 Å². The molecular formula is C22H30N4O2.